The first-order valence-corrected chi connectivity index (χ1v) is 7.40. The second-order valence-corrected chi connectivity index (χ2v) is 5.20. The molecule has 0 atom stereocenters. The Labute approximate surface area is 127 Å². The van der Waals surface area contributed by atoms with Crippen molar-refractivity contribution in [3.8, 4) is 11.8 Å². The van der Waals surface area contributed by atoms with Gasteiger partial charge in [0.05, 0.1) is 17.0 Å². The largest absolute Gasteiger partial charge is 0.321 e. The van der Waals surface area contributed by atoms with E-state index in [-0.39, 0.29) is 18.0 Å². The van der Waals surface area contributed by atoms with Gasteiger partial charge in [-0.05, 0) is 41.6 Å². The fraction of sp³-hybridized carbons (Fsp3) is 0.188. The van der Waals surface area contributed by atoms with E-state index in [1.54, 1.807) is 6.07 Å². The lowest BCUT2D eigenvalue weighted by atomic mass is 10.1. The van der Waals surface area contributed by atoms with E-state index >= 15 is 0 Å². The number of rotatable bonds is 3. The van der Waals surface area contributed by atoms with Crippen LogP contribution in [-0.2, 0) is 6.42 Å². The normalized spacial score (nSPS) is 9.86. The zero-order valence-corrected chi connectivity index (χ0v) is 12.4. The summed E-state index contributed by atoms with van der Waals surface area (Å²) in [6.07, 6.45) is 0.786. The Bertz CT molecular complexity index is 713. The second-order valence-electron chi connectivity index (χ2n) is 4.28. The van der Waals surface area contributed by atoms with Gasteiger partial charge in [0.1, 0.15) is 5.82 Å². The molecule has 0 aliphatic carbocycles. The quantitative estimate of drug-likeness (QED) is 0.856. The number of hydrogen-bond donors (Lipinski definition) is 2. The van der Waals surface area contributed by atoms with Crippen LogP contribution in [0.3, 0.4) is 0 Å². The summed E-state index contributed by atoms with van der Waals surface area (Å²) in [5.74, 6) is 4.54. The molecule has 3 N–H and O–H groups in total. The first kappa shape index (κ1) is 15.2. The second kappa shape index (κ2) is 7.02. The number of carbonyl (C=O) groups excluding carboxylic acids is 1. The number of hydrogen-bond acceptors (Lipinski definition) is 3. The topological polar surface area (TPSA) is 55.1 Å². The molecule has 3 nitrogen and oxygen atoms in total. The van der Waals surface area contributed by atoms with Gasteiger partial charge in [0.15, 0.2) is 0 Å². The highest BCUT2D eigenvalue weighted by Gasteiger charge is 2.12. The fourth-order valence-electron chi connectivity index (χ4n) is 1.84. The number of aryl methyl sites for hydroxylation is 1. The average molecular weight is 302 g/mol. The summed E-state index contributed by atoms with van der Waals surface area (Å²) < 4.78 is 13.8. The highest BCUT2D eigenvalue weighted by molar-refractivity contribution is 7.12. The van der Waals surface area contributed by atoms with Gasteiger partial charge < -0.3 is 11.1 Å². The van der Waals surface area contributed by atoms with Gasteiger partial charge in [-0.2, -0.15) is 0 Å². The van der Waals surface area contributed by atoms with Crippen molar-refractivity contribution in [1.82, 2.24) is 0 Å². The maximum atomic E-state index is 13.8. The molecule has 108 valence electrons. The van der Waals surface area contributed by atoms with Crippen LogP contribution in [0.25, 0.3) is 0 Å². The van der Waals surface area contributed by atoms with Crippen LogP contribution in [-0.4, -0.2) is 12.5 Å². The summed E-state index contributed by atoms with van der Waals surface area (Å²) in [6, 6.07) is 6.34. The number of nitrogens with one attached hydrogen (secondary N) is 1. The number of nitrogens with two attached hydrogens (primary N) is 1. The van der Waals surface area contributed by atoms with Gasteiger partial charge in [0.25, 0.3) is 5.91 Å². The van der Waals surface area contributed by atoms with E-state index in [1.165, 1.54) is 23.5 Å². The van der Waals surface area contributed by atoms with E-state index < -0.39 is 5.82 Å². The lowest BCUT2D eigenvalue weighted by Gasteiger charge is -2.06. The first-order valence-electron chi connectivity index (χ1n) is 6.52. The molecule has 0 saturated carbocycles. The van der Waals surface area contributed by atoms with Crippen LogP contribution >= 0.6 is 11.3 Å². The minimum Gasteiger partial charge on any atom is -0.321 e. The molecule has 0 radical (unpaired) electrons. The number of anilines is 1. The van der Waals surface area contributed by atoms with Crippen molar-refractivity contribution in [2.45, 2.75) is 13.3 Å². The average Bonchev–Trinajstić information content (AvgIpc) is 2.95. The van der Waals surface area contributed by atoms with E-state index in [2.05, 4.69) is 17.2 Å². The van der Waals surface area contributed by atoms with Gasteiger partial charge >= 0.3 is 0 Å². The van der Waals surface area contributed by atoms with Crippen molar-refractivity contribution in [3.05, 3.63) is 51.5 Å². The molecule has 0 saturated heterocycles. The third-order valence-corrected chi connectivity index (χ3v) is 3.84. The summed E-state index contributed by atoms with van der Waals surface area (Å²) in [7, 11) is 0. The molecule has 2 aromatic rings. The van der Waals surface area contributed by atoms with Crippen LogP contribution < -0.4 is 11.1 Å². The van der Waals surface area contributed by atoms with Gasteiger partial charge in [-0.3, -0.25) is 4.79 Å². The SMILES string of the molecule is CCc1ccsc1C(=O)Nc1ccc(C#CCN)c(F)c1. The summed E-state index contributed by atoms with van der Waals surface area (Å²) in [5.41, 5.74) is 6.92. The molecule has 5 heteroatoms. The molecule has 2 rings (SSSR count). The van der Waals surface area contributed by atoms with Crippen LogP contribution in [0.15, 0.2) is 29.6 Å². The van der Waals surface area contributed by atoms with Crippen molar-refractivity contribution >= 4 is 22.9 Å². The Morgan fingerprint density at radius 2 is 2.24 bits per heavy atom. The molecule has 0 aliphatic rings. The first-order chi connectivity index (χ1) is 10.2. The van der Waals surface area contributed by atoms with Crippen LogP contribution in [0, 0.1) is 17.7 Å². The third kappa shape index (κ3) is 3.69. The van der Waals surface area contributed by atoms with Gasteiger partial charge in [-0.15, -0.1) is 11.3 Å². The van der Waals surface area contributed by atoms with Crippen LogP contribution in [0.4, 0.5) is 10.1 Å². The van der Waals surface area contributed by atoms with Gasteiger partial charge in [-0.25, -0.2) is 4.39 Å². The summed E-state index contributed by atoms with van der Waals surface area (Å²) in [6.45, 7) is 2.17. The Morgan fingerprint density at radius 1 is 1.43 bits per heavy atom. The monoisotopic (exact) mass is 302 g/mol. The van der Waals surface area contributed by atoms with Crippen LogP contribution in [0.2, 0.25) is 0 Å². The van der Waals surface area contributed by atoms with E-state index in [1.807, 2.05) is 18.4 Å². The predicted molar refractivity (Wildman–Crippen MR) is 84.0 cm³/mol. The maximum Gasteiger partial charge on any atom is 0.266 e. The lowest BCUT2D eigenvalue weighted by molar-refractivity contribution is 0.103. The maximum absolute atomic E-state index is 13.8. The molecule has 1 aromatic carbocycles. The summed E-state index contributed by atoms with van der Waals surface area (Å²) in [4.78, 5) is 12.8. The Hall–Kier alpha value is -2.16. The zero-order valence-electron chi connectivity index (χ0n) is 11.6. The molecule has 1 heterocycles. The molecule has 1 aromatic heterocycles. The molecule has 21 heavy (non-hydrogen) atoms. The Kier molecular flexibility index (Phi) is 5.09. The van der Waals surface area contributed by atoms with Gasteiger partial charge in [-0.1, -0.05) is 18.8 Å². The smallest absolute Gasteiger partial charge is 0.266 e. The molecule has 0 unspecified atom stereocenters. The molecular formula is C16H15FN2OS. The van der Waals surface area contributed by atoms with Crippen molar-refractivity contribution in [3.63, 3.8) is 0 Å². The molecule has 0 spiro atoms. The third-order valence-electron chi connectivity index (χ3n) is 2.89. The number of benzene rings is 1. The molecule has 1 amide bonds. The summed E-state index contributed by atoms with van der Waals surface area (Å²) >= 11 is 1.38. The lowest BCUT2D eigenvalue weighted by Crippen LogP contribution is -2.12. The Morgan fingerprint density at radius 3 is 2.90 bits per heavy atom. The van der Waals surface area contributed by atoms with Crippen molar-refractivity contribution in [2.75, 3.05) is 11.9 Å². The number of thiophene rings is 1. The minimum atomic E-state index is -0.476. The predicted octanol–water partition coefficient (Wildman–Crippen LogP) is 3.01. The van der Waals surface area contributed by atoms with Crippen molar-refractivity contribution in [2.24, 2.45) is 5.73 Å². The highest BCUT2D eigenvalue weighted by Crippen LogP contribution is 2.20. The summed E-state index contributed by atoms with van der Waals surface area (Å²) in [5, 5.41) is 4.58. The van der Waals surface area contributed by atoms with Crippen LogP contribution in [0.5, 0.6) is 0 Å². The van der Waals surface area contributed by atoms with Crippen LogP contribution in [0.1, 0.15) is 27.7 Å². The van der Waals surface area contributed by atoms with E-state index in [0.29, 0.717) is 10.6 Å². The van der Waals surface area contributed by atoms with Gasteiger partial charge in [0.2, 0.25) is 0 Å². The molecule has 0 fully saturated rings. The minimum absolute atomic E-state index is 0.177. The molecule has 0 aliphatic heterocycles. The Balaban J connectivity index is 2.17. The van der Waals surface area contributed by atoms with E-state index in [0.717, 1.165) is 12.0 Å². The molecular weight excluding hydrogens is 287 g/mol. The van der Waals surface area contributed by atoms with Crippen molar-refractivity contribution in [1.29, 1.82) is 0 Å². The van der Waals surface area contributed by atoms with E-state index in [4.69, 9.17) is 5.73 Å². The number of carbonyl (C=O) groups is 1. The van der Waals surface area contributed by atoms with E-state index in [9.17, 15) is 9.18 Å². The zero-order chi connectivity index (χ0) is 15.2. The fourth-order valence-corrected chi connectivity index (χ4v) is 2.73. The standard InChI is InChI=1S/C16H15FN2OS/c1-2-11-7-9-21-15(11)16(20)19-13-6-5-12(4-3-8-18)14(17)10-13/h5-7,9-10H,2,8,18H2,1H3,(H,19,20). The van der Waals surface area contributed by atoms with Gasteiger partial charge in [0, 0.05) is 5.69 Å². The molecule has 0 bridgehead atoms. The number of halogens is 1. The highest BCUT2D eigenvalue weighted by atomic mass is 32.1. The van der Waals surface area contributed by atoms with Crippen molar-refractivity contribution < 1.29 is 9.18 Å². The number of amides is 1.